The Balaban J connectivity index is 2.62. The molecule has 0 radical (unpaired) electrons. The zero-order valence-corrected chi connectivity index (χ0v) is 6.79. The average Bonchev–Trinajstić information content (AvgIpc) is 2.51. The van der Waals surface area contributed by atoms with E-state index in [4.69, 9.17) is 10.00 Å². The normalized spacial score (nSPS) is 15.3. The Bertz CT molecular complexity index is 262. The lowest BCUT2D eigenvalue weighted by Gasteiger charge is -2.01. The lowest BCUT2D eigenvalue weighted by Crippen LogP contribution is -2.02. The first-order chi connectivity index (χ1) is 5.77. The van der Waals surface area contributed by atoms with Crippen LogP contribution in [0.5, 0.6) is 0 Å². The van der Waals surface area contributed by atoms with Gasteiger partial charge in [0.15, 0.2) is 0 Å². The molecule has 12 heavy (non-hydrogen) atoms. The van der Waals surface area contributed by atoms with E-state index in [0.29, 0.717) is 24.4 Å². The number of nitrogens with zero attached hydrogens (tertiary/aromatic N) is 1. The van der Waals surface area contributed by atoms with Crippen molar-refractivity contribution in [2.75, 3.05) is 13.7 Å². The molecule has 0 saturated heterocycles. The second-order valence-electron chi connectivity index (χ2n) is 2.36. The molecular weight excluding hydrogens is 158 g/mol. The summed E-state index contributed by atoms with van der Waals surface area (Å²) in [4.78, 5) is 10.8. The van der Waals surface area contributed by atoms with Crippen LogP contribution in [0.2, 0.25) is 0 Å². The summed E-state index contributed by atoms with van der Waals surface area (Å²) < 4.78 is 9.53. The van der Waals surface area contributed by atoms with Crippen LogP contribution in [-0.2, 0) is 14.3 Å². The molecule has 1 heterocycles. The highest BCUT2D eigenvalue weighted by atomic mass is 16.5. The van der Waals surface area contributed by atoms with Crippen LogP contribution < -0.4 is 0 Å². The predicted octanol–water partition coefficient (Wildman–Crippen LogP) is 0.747. The molecule has 0 unspecified atom stereocenters. The van der Waals surface area contributed by atoms with Gasteiger partial charge in [-0.15, -0.1) is 0 Å². The van der Waals surface area contributed by atoms with E-state index >= 15 is 0 Å². The Morgan fingerprint density at radius 3 is 3.17 bits per heavy atom. The summed E-state index contributed by atoms with van der Waals surface area (Å²) in [6.45, 7) is 0.495. The van der Waals surface area contributed by atoms with Crippen molar-refractivity contribution >= 4 is 5.97 Å². The summed E-state index contributed by atoms with van der Waals surface area (Å²) in [6.07, 6.45) is 0.669. The van der Waals surface area contributed by atoms with Gasteiger partial charge in [0, 0.05) is 6.42 Å². The molecule has 0 atom stereocenters. The maximum atomic E-state index is 10.8. The SMILES string of the molecule is COC(=O)CC1=C(C#N)CCO1. The van der Waals surface area contributed by atoms with Crippen LogP contribution >= 0.6 is 0 Å². The third-order valence-corrected chi connectivity index (χ3v) is 1.63. The fourth-order valence-electron chi connectivity index (χ4n) is 0.982. The maximum Gasteiger partial charge on any atom is 0.313 e. The monoisotopic (exact) mass is 167 g/mol. The first-order valence-corrected chi connectivity index (χ1v) is 3.59. The lowest BCUT2D eigenvalue weighted by molar-refractivity contribution is -0.140. The number of ether oxygens (including phenoxy) is 2. The Kier molecular flexibility index (Phi) is 2.70. The summed E-state index contributed by atoms with van der Waals surface area (Å²) in [5.41, 5.74) is 0.556. The van der Waals surface area contributed by atoms with Crippen molar-refractivity contribution in [3.63, 3.8) is 0 Å². The van der Waals surface area contributed by atoms with Crippen molar-refractivity contribution in [1.29, 1.82) is 5.26 Å². The van der Waals surface area contributed by atoms with Gasteiger partial charge >= 0.3 is 5.97 Å². The van der Waals surface area contributed by atoms with E-state index in [-0.39, 0.29) is 12.4 Å². The number of nitriles is 1. The molecule has 0 spiro atoms. The van der Waals surface area contributed by atoms with Gasteiger partial charge in [0.2, 0.25) is 0 Å². The molecule has 0 amide bonds. The van der Waals surface area contributed by atoms with E-state index in [1.807, 2.05) is 6.07 Å². The second-order valence-corrected chi connectivity index (χ2v) is 2.36. The second kappa shape index (κ2) is 3.77. The molecular formula is C8H9NO3. The van der Waals surface area contributed by atoms with E-state index in [0.717, 1.165) is 0 Å². The first kappa shape index (κ1) is 8.60. The van der Waals surface area contributed by atoms with Crippen LogP contribution in [0, 0.1) is 11.3 Å². The van der Waals surface area contributed by atoms with Gasteiger partial charge in [-0.3, -0.25) is 4.79 Å². The van der Waals surface area contributed by atoms with E-state index in [9.17, 15) is 4.79 Å². The topological polar surface area (TPSA) is 59.3 Å². The lowest BCUT2D eigenvalue weighted by atomic mass is 10.2. The van der Waals surface area contributed by atoms with Crippen LogP contribution in [0.15, 0.2) is 11.3 Å². The predicted molar refractivity (Wildman–Crippen MR) is 39.8 cm³/mol. The Morgan fingerprint density at radius 2 is 2.58 bits per heavy atom. The quantitative estimate of drug-likeness (QED) is 0.569. The molecule has 64 valence electrons. The standard InChI is InChI=1S/C8H9NO3/c1-11-8(10)4-7-6(5-9)2-3-12-7/h2-4H2,1H3. The minimum absolute atomic E-state index is 0.0688. The Labute approximate surface area is 70.4 Å². The smallest absolute Gasteiger partial charge is 0.313 e. The van der Waals surface area contributed by atoms with E-state index in [2.05, 4.69) is 4.74 Å². The maximum absolute atomic E-state index is 10.8. The van der Waals surface area contributed by atoms with Gasteiger partial charge in [0.05, 0.1) is 25.4 Å². The number of hydrogen-bond donors (Lipinski definition) is 0. The average molecular weight is 167 g/mol. The van der Waals surface area contributed by atoms with Gasteiger partial charge in [-0.25, -0.2) is 0 Å². The molecule has 4 nitrogen and oxygen atoms in total. The van der Waals surface area contributed by atoms with Crippen LogP contribution in [0.1, 0.15) is 12.8 Å². The minimum atomic E-state index is -0.375. The molecule has 1 aliphatic rings. The summed E-state index contributed by atoms with van der Waals surface area (Å²) >= 11 is 0. The number of carbonyl (C=O) groups is 1. The molecule has 0 aromatic rings. The Morgan fingerprint density at radius 1 is 1.83 bits per heavy atom. The van der Waals surface area contributed by atoms with Crippen molar-refractivity contribution in [1.82, 2.24) is 0 Å². The molecule has 0 aromatic heterocycles. The fraction of sp³-hybridized carbons (Fsp3) is 0.500. The molecule has 0 fully saturated rings. The van der Waals surface area contributed by atoms with Gasteiger partial charge < -0.3 is 9.47 Å². The molecule has 1 rings (SSSR count). The molecule has 1 aliphatic heterocycles. The fourth-order valence-corrected chi connectivity index (χ4v) is 0.982. The summed E-state index contributed by atoms with van der Waals surface area (Å²) in [5.74, 6) is 0.0870. The van der Waals surface area contributed by atoms with Crippen molar-refractivity contribution < 1.29 is 14.3 Å². The third-order valence-electron chi connectivity index (χ3n) is 1.63. The van der Waals surface area contributed by atoms with Gasteiger partial charge in [-0.05, 0) is 0 Å². The van der Waals surface area contributed by atoms with Crippen LogP contribution in [-0.4, -0.2) is 19.7 Å². The number of esters is 1. The van der Waals surface area contributed by atoms with Crippen LogP contribution in [0.25, 0.3) is 0 Å². The molecule has 0 bridgehead atoms. The van der Waals surface area contributed by atoms with Crippen molar-refractivity contribution in [3.05, 3.63) is 11.3 Å². The summed E-state index contributed by atoms with van der Waals surface area (Å²) in [6, 6.07) is 1.99. The van der Waals surface area contributed by atoms with Gasteiger partial charge in [-0.2, -0.15) is 5.26 Å². The molecule has 0 aromatic carbocycles. The molecule has 4 heteroatoms. The number of rotatable bonds is 2. The first-order valence-electron chi connectivity index (χ1n) is 3.59. The number of hydrogen-bond acceptors (Lipinski definition) is 4. The molecule has 0 aliphatic carbocycles. The number of methoxy groups -OCH3 is 1. The highest BCUT2D eigenvalue weighted by molar-refractivity contribution is 5.72. The van der Waals surface area contributed by atoms with E-state index < -0.39 is 0 Å². The molecule has 0 N–H and O–H groups in total. The van der Waals surface area contributed by atoms with Gasteiger partial charge in [0.1, 0.15) is 12.2 Å². The highest BCUT2D eigenvalue weighted by Crippen LogP contribution is 2.21. The minimum Gasteiger partial charge on any atom is -0.496 e. The third kappa shape index (κ3) is 1.76. The van der Waals surface area contributed by atoms with Crippen molar-refractivity contribution in [2.45, 2.75) is 12.8 Å². The van der Waals surface area contributed by atoms with Gasteiger partial charge in [0.25, 0.3) is 0 Å². The largest absolute Gasteiger partial charge is 0.496 e. The van der Waals surface area contributed by atoms with E-state index in [1.165, 1.54) is 7.11 Å². The Hall–Kier alpha value is -1.50. The van der Waals surface area contributed by atoms with Gasteiger partial charge in [-0.1, -0.05) is 0 Å². The zero-order valence-electron chi connectivity index (χ0n) is 6.79. The van der Waals surface area contributed by atoms with E-state index in [1.54, 1.807) is 0 Å². The summed E-state index contributed by atoms with van der Waals surface area (Å²) in [5, 5.41) is 8.58. The number of carbonyl (C=O) groups excluding carboxylic acids is 1. The highest BCUT2D eigenvalue weighted by Gasteiger charge is 2.18. The summed E-state index contributed by atoms with van der Waals surface area (Å²) in [7, 11) is 1.31. The molecule has 0 saturated carbocycles. The van der Waals surface area contributed by atoms with Crippen LogP contribution in [0.4, 0.5) is 0 Å². The van der Waals surface area contributed by atoms with Crippen LogP contribution in [0.3, 0.4) is 0 Å². The van der Waals surface area contributed by atoms with Crippen molar-refractivity contribution in [2.24, 2.45) is 0 Å². The van der Waals surface area contributed by atoms with Crippen molar-refractivity contribution in [3.8, 4) is 6.07 Å². The zero-order chi connectivity index (χ0) is 8.97.